The van der Waals surface area contributed by atoms with Gasteiger partial charge in [0, 0.05) is 0 Å². The van der Waals surface area contributed by atoms with E-state index in [1.165, 1.54) is 0 Å². The van der Waals surface area contributed by atoms with Gasteiger partial charge in [-0.25, -0.2) is 0 Å². The van der Waals surface area contributed by atoms with Crippen molar-refractivity contribution >= 4 is 0 Å². The highest BCUT2D eigenvalue weighted by atomic mass is 19.4. The molecule has 0 spiro atoms. The van der Waals surface area contributed by atoms with Gasteiger partial charge in [-0.3, -0.25) is 5.32 Å². The van der Waals surface area contributed by atoms with Gasteiger partial charge in [0.05, 0.1) is 12.7 Å². The Morgan fingerprint density at radius 1 is 1.17 bits per heavy atom. The number of ether oxygens (including phenoxy) is 1. The lowest BCUT2D eigenvalue weighted by atomic mass is 10.1. The second-order valence-corrected chi connectivity index (χ2v) is 3.75. The summed E-state index contributed by atoms with van der Waals surface area (Å²) in [5.41, 5.74) is -1.61. The lowest BCUT2D eigenvalue weighted by Gasteiger charge is -2.28. The van der Waals surface area contributed by atoms with Crippen LogP contribution in [0.25, 0.3) is 0 Å². The van der Waals surface area contributed by atoms with Crippen molar-refractivity contribution < 1.29 is 31.1 Å². The fraction of sp³-hybridized carbons (Fsp3) is 0.889. The molecule has 0 aromatic heterocycles. The molecular weight excluding hydrogens is 266 g/mol. The van der Waals surface area contributed by atoms with Crippen molar-refractivity contribution in [2.24, 2.45) is 0 Å². The van der Waals surface area contributed by atoms with Crippen LogP contribution in [0.1, 0.15) is 13.8 Å². The molecular formula is C9H12F6N2O. The van der Waals surface area contributed by atoms with Crippen molar-refractivity contribution in [1.82, 2.24) is 5.32 Å². The normalized spacial score (nSPS) is 16.4. The summed E-state index contributed by atoms with van der Waals surface area (Å²) in [6.45, 7) is 1.89. The van der Waals surface area contributed by atoms with Crippen molar-refractivity contribution in [2.75, 3.05) is 13.2 Å². The van der Waals surface area contributed by atoms with Gasteiger partial charge in [0.2, 0.25) is 6.10 Å². The molecule has 9 heteroatoms. The molecule has 0 aliphatic heterocycles. The van der Waals surface area contributed by atoms with Gasteiger partial charge < -0.3 is 4.74 Å². The molecule has 0 aromatic rings. The number of likely N-dealkylation sites (N-methyl/N-ethyl adjacent to an activating group) is 1. The minimum atomic E-state index is -5.57. The maximum atomic E-state index is 12.1. The molecule has 0 aromatic carbocycles. The summed E-state index contributed by atoms with van der Waals surface area (Å²) in [5.74, 6) is 0. The van der Waals surface area contributed by atoms with Crippen molar-refractivity contribution in [3.05, 3.63) is 0 Å². The monoisotopic (exact) mass is 278 g/mol. The smallest absolute Gasteiger partial charge is 0.358 e. The Bertz CT molecular complexity index is 294. The number of nitrogens with zero attached hydrogens (tertiary/aromatic N) is 1. The average Bonchev–Trinajstić information content (AvgIpc) is 2.14. The molecule has 0 saturated carbocycles. The van der Waals surface area contributed by atoms with E-state index >= 15 is 0 Å². The molecule has 0 heterocycles. The SMILES string of the molecule is CCNC(C)(C#N)COC(C(F)(F)F)C(F)(F)F. The number of nitriles is 1. The van der Waals surface area contributed by atoms with E-state index in [-0.39, 0.29) is 6.54 Å². The molecule has 0 aliphatic rings. The first-order chi connectivity index (χ1) is 7.96. The highest BCUT2D eigenvalue weighted by molar-refractivity contribution is 5.04. The molecule has 106 valence electrons. The first-order valence-electron chi connectivity index (χ1n) is 4.87. The van der Waals surface area contributed by atoms with Gasteiger partial charge in [-0.1, -0.05) is 6.92 Å². The lowest BCUT2D eigenvalue weighted by Crippen LogP contribution is -2.51. The molecule has 0 radical (unpaired) electrons. The molecule has 18 heavy (non-hydrogen) atoms. The number of rotatable bonds is 5. The third-order valence-corrected chi connectivity index (χ3v) is 1.95. The molecule has 3 nitrogen and oxygen atoms in total. The second-order valence-electron chi connectivity index (χ2n) is 3.75. The predicted octanol–water partition coefficient (Wildman–Crippen LogP) is 2.39. The zero-order valence-corrected chi connectivity index (χ0v) is 9.61. The first-order valence-corrected chi connectivity index (χ1v) is 4.87. The van der Waals surface area contributed by atoms with E-state index in [4.69, 9.17) is 5.26 Å². The Kier molecular flexibility index (Phi) is 5.43. The average molecular weight is 278 g/mol. The number of hydrogen-bond acceptors (Lipinski definition) is 3. The van der Waals surface area contributed by atoms with Gasteiger partial charge >= 0.3 is 12.4 Å². The Morgan fingerprint density at radius 3 is 1.89 bits per heavy atom. The standard InChI is InChI=1S/C9H12F6N2O/c1-3-17-7(2,4-16)5-18-6(8(10,11)12)9(13,14)15/h6,17H,3,5H2,1-2H3. The fourth-order valence-electron chi connectivity index (χ4n) is 1.14. The molecule has 1 atom stereocenters. The molecule has 0 fully saturated rings. The maximum Gasteiger partial charge on any atom is 0.423 e. The minimum absolute atomic E-state index is 0.204. The van der Waals surface area contributed by atoms with Crippen LogP contribution in [0.15, 0.2) is 0 Å². The van der Waals surface area contributed by atoms with Crippen LogP contribution in [0.3, 0.4) is 0 Å². The van der Waals surface area contributed by atoms with Crippen LogP contribution < -0.4 is 5.32 Å². The minimum Gasteiger partial charge on any atom is -0.358 e. The van der Waals surface area contributed by atoms with Gasteiger partial charge in [-0.2, -0.15) is 31.6 Å². The van der Waals surface area contributed by atoms with Crippen molar-refractivity contribution in [3.8, 4) is 6.07 Å². The third-order valence-electron chi connectivity index (χ3n) is 1.95. The van der Waals surface area contributed by atoms with Crippen LogP contribution in [0.2, 0.25) is 0 Å². The Labute approximate surface area is 99.7 Å². The van der Waals surface area contributed by atoms with Crippen LogP contribution in [0, 0.1) is 11.3 Å². The third kappa shape index (κ3) is 5.10. The Hall–Kier alpha value is -1.01. The van der Waals surface area contributed by atoms with E-state index < -0.39 is 30.6 Å². The molecule has 0 aliphatic carbocycles. The number of nitrogens with one attached hydrogen (secondary N) is 1. The van der Waals surface area contributed by atoms with E-state index in [0.717, 1.165) is 6.92 Å². The highest BCUT2D eigenvalue weighted by Gasteiger charge is 2.58. The van der Waals surface area contributed by atoms with Crippen LogP contribution in [-0.2, 0) is 4.74 Å². The zero-order valence-electron chi connectivity index (χ0n) is 9.61. The Morgan fingerprint density at radius 2 is 1.61 bits per heavy atom. The van der Waals surface area contributed by atoms with Crippen LogP contribution in [0.5, 0.6) is 0 Å². The summed E-state index contributed by atoms with van der Waals surface area (Å²) in [7, 11) is 0. The summed E-state index contributed by atoms with van der Waals surface area (Å²) in [6.07, 6.45) is -15.0. The largest absolute Gasteiger partial charge is 0.423 e. The topological polar surface area (TPSA) is 45.0 Å². The Balaban J connectivity index is 4.79. The summed E-state index contributed by atoms with van der Waals surface area (Å²) >= 11 is 0. The lowest BCUT2D eigenvalue weighted by molar-refractivity contribution is -0.323. The van der Waals surface area contributed by atoms with E-state index in [2.05, 4.69) is 10.1 Å². The van der Waals surface area contributed by atoms with Crippen LogP contribution in [0.4, 0.5) is 26.3 Å². The first kappa shape index (κ1) is 17.0. The van der Waals surface area contributed by atoms with Crippen molar-refractivity contribution in [1.29, 1.82) is 5.26 Å². The second kappa shape index (κ2) is 5.75. The molecule has 1 unspecified atom stereocenters. The predicted molar refractivity (Wildman–Crippen MR) is 49.5 cm³/mol. The number of alkyl halides is 6. The molecule has 0 saturated heterocycles. The highest BCUT2D eigenvalue weighted by Crippen LogP contribution is 2.36. The number of halogens is 6. The summed E-state index contributed by atoms with van der Waals surface area (Å²) in [5, 5.41) is 11.1. The molecule has 0 rings (SSSR count). The number of hydrogen-bond donors (Lipinski definition) is 1. The fourth-order valence-corrected chi connectivity index (χ4v) is 1.14. The quantitative estimate of drug-likeness (QED) is 0.785. The van der Waals surface area contributed by atoms with Gasteiger partial charge in [-0.15, -0.1) is 0 Å². The van der Waals surface area contributed by atoms with E-state index in [1.54, 1.807) is 13.0 Å². The zero-order chi connectivity index (χ0) is 14.6. The molecule has 1 N–H and O–H groups in total. The van der Waals surface area contributed by atoms with Gasteiger partial charge in [0.15, 0.2) is 0 Å². The summed E-state index contributed by atoms with van der Waals surface area (Å²) < 4.78 is 76.6. The molecule has 0 amide bonds. The maximum absolute atomic E-state index is 12.1. The van der Waals surface area contributed by atoms with Gasteiger partial charge in [0.1, 0.15) is 5.54 Å². The van der Waals surface area contributed by atoms with Gasteiger partial charge in [-0.05, 0) is 13.5 Å². The van der Waals surface area contributed by atoms with E-state index in [0.29, 0.717) is 0 Å². The molecule has 0 bridgehead atoms. The summed E-state index contributed by atoms with van der Waals surface area (Å²) in [4.78, 5) is 0. The van der Waals surface area contributed by atoms with E-state index in [9.17, 15) is 26.3 Å². The van der Waals surface area contributed by atoms with Crippen molar-refractivity contribution in [2.45, 2.75) is 37.8 Å². The van der Waals surface area contributed by atoms with Crippen molar-refractivity contribution in [3.63, 3.8) is 0 Å². The van der Waals surface area contributed by atoms with Crippen LogP contribution >= 0.6 is 0 Å². The van der Waals surface area contributed by atoms with Crippen LogP contribution in [-0.4, -0.2) is 37.1 Å². The van der Waals surface area contributed by atoms with Gasteiger partial charge in [0.25, 0.3) is 0 Å². The van der Waals surface area contributed by atoms with E-state index in [1.807, 2.05) is 0 Å². The summed E-state index contributed by atoms with van der Waals surface area (Å²) in [6, 6.07) is 1.57.